The fourth-order valence-electron chi connectivity index (χ4n) is 3.41. The van der Waals surface area contributed by atoms with E-state index < -0.39 is 0 Å². The molecule has 1 saturated heterocycles. The lowest BCUT2D eigenvalue weighted by Gasteiger charge is -2.30. The molecule has 0 saturated carbocycles. The van der Waals surface area contributed by atoms with E-state index in [9.17, 15) is 9.59 Å². The molecule has 1 N–H and O–H groups in total. The summed E-state index contributed by atoms with van der Waals surface area (Å²) in [4.78, 5) is 29.9. The Kier molecular flexibility index (Phi) is 5.00. The maximum absolute atomic E-state index is 12.7. The number of hydrogen-bond acceptors (Lipinski definition) is 4. The first-order chi connectivity index (χ1) is 11.6. The topological polar surface area (TPSA) is 62.4 Å². The van der Waals surface area contributed by atoms with Crippen LogP contribution >= 0.6 is 0 Å². The van der Waals surface area contributed by atoms with Crippen LogP contribution in [-0.4, -0.2) is 47.9 Å². The van der Waals surface area contributed by atoms with Crippen LogP contribution in [0.4, 0.5) is 0 Å². The molecule has 5 heteroatoms. The lowest BCUT2D eigenvalue weighted by Crippen LogP contribution is -2.41. The summed E-state index contributed by atoms with van der Waals surface area (Å²) in [5, 5.41) is 0.971. The van der Waals surface area contributed by atoms with Crippen molar-refractivity contribution in [3.63, 3.8) is 0 Å². The normalized spacial score (nSPS) is 18.7. The first-order valence-corrected chi connectivity index (χ1v) is 8.58. The van der Waals surface area contributed by atoms with Gasteiger partial charge in [-0.15, -0.1) is 0 Å². The number of hydrogen-bond donors (Lipinski definition) is 1. The molecule has 0 radical (unpaired) electrons. The number of likely N-dealkylation sites (tertiary alicyclic amines) is 1. The van der Waals surface area contributed by atoms with Crippen LogP contribution in [0.2, 0.25) is 0 Å². The zero-order chi connectivity index (χ0) is 17.1. The molecule has 1 aliphatic rings. The number of aromatic amines is 1. The van der Waals surface area contributed by atoms with Crippen molar-refractivity contribution >= 4 is 22.7 Å². The van der Waals surface area contributed by atoms with Crippen LogP contribution in [0.15, 0.2) is 24.4 Å². The highest BCUT2D eigenvalue weighted by molar-refractivity contribution is 6.08. The number of aromatic nitrogens is 1. The third kappa shape index (κ3) is 3.51. The van der Waals surface area contributed by atoms with Gasteiger partial charge < -0.3 is 9.72 Å². The molecule has 2 aromatic rings. The van der Waals surface area contributed by atoms with Crippen molar-refractivity contribution in [1.29, 1.82) is 0 Å². The number of carbonyl (C=O) groups is 2. The fourth-order valence-corrected chi connectivity index (χ4v) is 3.41. The molecule has 1 atom stereocenters. The molecule has 0 aliphatic carbocycles. The lowest BCUT2D eigenvalue weighted by molar-refractivity contribution is -0.149. The van der Waals surface area contributed by atoms with E-state index in [4.69, 9.17) is 4.74 Å². The highest BCUT2D eigenvalue weighted by atomic mass is 16.5. The zero-order valence-corrected chi connectivity index (χ0v) is 14.3. The van der Waals surface area contributed by atoms with Crippen molar-refractivity contribution < 1.29 is 14.3 Å². The SMILES string of the molecule is CCOC(=O)[C@@H]1CCCN(CC(=O)c2c[nH]c3ccc(C)cc23)C1. The van der Waals surface area contributed by atoms with E-state index >= 15 is 0 Å². The Morgan fingerprint density at radius 3 is 3.00 bits per heavy atom. The molecule has 0 unspecified atom stereocenters. The molecule has 1 aromatic carbocycles. The number of benzene rings is 1. The molecular weight excluding hydrogens is 304 g/mol. The first-order valence-electron chi connectivity index (χ1n) is 8.58. The monoisotopic (exact) mass is 328 g/mol. The third-order valence-electron chi connectivity index (χ3n) is 4.63. The van der Waals surface area contributed by atoms with Crippen LogP contribution in [-0.2, 0) is 9.53 Å². The maximum atomic E-state index is 12.7. The minimum Gasteiger partial charge on any atom is -0.466 e. The summed E-state index contributed by atoms with van der Waals surface area (Å²) >= 11 is 0. The molecule has 1 fully saturated rings. The molecule has 24 heavy (non-hydrogen) atoms. The number of H-pyrrole nitrogens is 1. The quantitative estimate of drug-likeness (QED) is 0.677. The van der Waals surface area contributed by atoms with Crippen LogP contribution in [0, 0.1) is 12.8 Å². The van der Waals surface area contributed by atoms with Gasteiger partial charge in [0.05, 0.1) is 19.1 Å². The summed E-state index contributed by atoms with van der Waals surface area (Å²) in [7, 11) is 0. The zero-order valence-electron chi connectivity index (χ0n) is 14.3. The second-order valence-corrected chi connectivity index (χ2v) is 6.50. The van der Waals surface area contributed by atoms with Gasteiger partial charge in [0.25, 0.3) is 0 Å². The van der Waals surface area contributed by atoms with Gasteiger partial charge in [-0.05, 0) is 45.4 Å². The molecule has 0 spiro atoms. The van der Waals surface area contributed by atoms with Gasteiger partial charge in [0.1, 0.15) is 0 Å². The number of rotatable bonds is 5. The molecule has 5 nitrogen and oxygen atoms in total. The second kappa shape index (κ2) is 7.18. The van der Waals surface area contributed by atoms with E-state index in [-0.39, 0.29) is 17.7 Å². The second-order valence-electron chi connectivity index (χ2n) is 6.50. The van der Waals surface area contributed by atoms with E-state index in [1.165, 1.54) is 0 Å². The Balaban J connectivity index is 1.69. The van der Waals surface area contributed by atoms with E-state index in [0.29, 0.717) is 19.7 Å². The average molecular weight is 328 g/mol. The highest BCUT2D eigenvalue weighted by Crippen LogP contribution is 2.22. The average Bonchev–Trinajstić information content (AvgIpc) is 2.98. The van der Waals surface area contributed by atoms with Gasteiger partial charge in [0.2, 0.25) is 0 Å². The van der Waals surface area contributed by atoms with Gasteiger partial charge in [0, 0.05) is 29.2 Å². The van der Waals surface area contributed by atoms with Gasteiger partial charge in [-0.2, -0.15) is 0 Å². The Morgan fingerprint density at radius 2 is 2.21 bits per heavy atom. The number of carbonyl (C=O) groups excluding carboxylic acids is 2. The predicted octanol–water partition coefficient (Wildman–Crippen LogP) is 2.93. The van der Waals surface area contributed by atoms with Crippen molar-refractivity contribution in [3.05, 3.63) is 35.5 Å². The number of nitrogens with one attached hydrogen (secondary N) is 1. The smallest absolute Gasteiger partial charge is 0.310 e. The van der Waals surface area contributed by atoms with E-state index in [2.05, 4.69) is 9.88 Å². The molecular formula is C19H24N2O3. The van der Waals surface area contributed by atoms with Crippen molar-refractivity contribution in [2.75, 3.05) is 26.2 Å². The molecule has 3 rings (SSSR count). The van der Waals surface area contributed by atoms with E-state index in [0.717, 1.165) is 41.4 Å². The van der Waals surface area contributed by atoms with Crippen LogP contribution in [0.25, 0.3) is 10.9 Å². The van der Waals surface area contributed by atoms with Gasteiger partial charge in [-0.25, -0.2) is 0 Å². The summed E-state index contributed by atoms with van der Waals surface area (Å²) < 4.78 is 5.12. The van der Waals surface area contributed by atoms with E-state index in [1.54, 1.807) is 6.20 Å². The lowest BCUT2D eigenvalue weighted by atomic mass is 9.97. The van der Waals surface area contributed by atoms with Crippen LogP contribution in [0.5, 0.6) is 0 Å². The van der Waals surface area contributed by atoms with Crippen LogP contribution < -0.4 is 0 Å². The molecule has 0 bridgehead atoms. The minimum absolute atomic E-state index is 0.0939. The Morgan fingerprint density at radius 1 is 1.38 bits per heavy atom. The van der Waals surface area contributed by atoms with Crippen molar-refractivity contribution in [2.45, 2.75) is 26.7 Å². The summed E-state index contributed by atoms with van der Waals surface area (Å²) in [5.41, 5.74) is 2.84. The third-order valence-corrected chi connectivity index (χ3v) is 4.63. The maximum Gasteiger partial charge on any atom is 0.310 e. The predicted molar refractivity (Wildman–Crippen MR) is 93.2 cm³/mol. The summed E-state index contributed by atoms with van der Waals surface area (Å²) in [6.07, 6.45) is 3.55. The number of aryl methyl sites for hydroxylation is 1. The van der Waals surface area contributed by atoms with Gasteiger partial charge >= 0.3 is 5.97 Å². The highest BCUT2D eigenvalue weighted by Gasteiger charge is 2.28. The van der Waals surface area contributed by atoms with E-state index in [1.807, 2.05) is 32.0 Å². The largest absolute Gasteiger partial charge is 0.466 e. The van der Waals surface area contributed by atoms with Crippen LogP contribution in [0.3, 0.4) is 0 Å². The molecule has 2 heterocycles. The summed E-state index contributed by atoms with van der Waals surface area (Å²) in [5.74, 6) is -0.162. The van der Waals surface area contributed by atoms with Gasteiger partial charge in [0.15, 0.2) is 5.78 Å². The number of esters is 1. The van der Waals surface area contributed by atoms with Gasteiger partial charge in [-0.1, -0.05) is 11.6 Å². The standard InChI is InChI=1S/C19H24N2O3/c1-3-24-19(23)14-5-4-8-21(11-14)12-18(22)16-10-20-17-7-6-13(2)9-15(16)17/h6-7,9-10,14,20H,3-5,8,11-12H2,1-2H3/t14-/m1/s1. The van der Waals surface area contributed by atoms with Crippen molar-refractivity contribution in [1.82, 2.24) is 9.88 Å². The Labute approximate surface area is 142 Å². The molecule has 1 aromatic heterocycles. The number of fused-ring (bicyclic) bond motifs is 1. The minimum atomic E-state index is -0.141. The molecule has 1 aliphatic heterocycles. The fraction of sp³-hybridized carbons (Fsp3) is 0.474. The first kappa shape index (κ1) is 16.7. The summed E-state index contributed by atoms with van der Waals surface area (Å²) in [6.45, 7) is 6.05. The number of Topliss-reactive ketones (excluding diaryl/α,β-unsaturated/α-hetero) is 1. The van der Waals surface area contributed by atoms with Crippen molar-refractivity contribution in [3.8, 4) is 0 Å². The molecule has 0 amide bonds. The number of piperidine rings is 1. The number of ether oxygens (including phenoxy) is 1. The number of ketones is 1. The Hall–Kier alpha value is -2.14. The van der Waals surface area contributed by atoms with Crippen LogP contribution in [0.1, 0.15) is 35.7 Å². The number of nitrogens with zero attached hydrogens (tertiary/aromatic N) is 1. The Bertz CT molecular complexity index is 750. The van der Waals surface area contributed by atoms with Gasteiger partial charge in [-0.3, -0.25) is 14.5 Å². The summed E-state index contributed by atoms with van der Waals surface area (Å²) in [6, 6.07) is 6.07. The van der Waals surface area contributed by atoms with Crippen molar-refractivity contribution in [2.24, 2.45) is 5.92 Å². The molecule has 128 valence electrons.